The summed E-state index contributed by atoms with van der Waals surface area (Å²) in [5.41, 5.74) is 9.43. The van der Waals surface area contributed by atoms with Crippen molar-refractivity contribution in [3.63, 3.8) is 0 Å². The molecule has 1 aliphatic rings. The molecule has 0 bridgehead atoms. The number of esters is 1. The molecule has 0 radical (unpaired) electrons. The van der Waals surface area contributed by atoms with Crippen LogP contribution in [0.4, 0.5) is 0 Å². The summed E-state index contributed by atoms with van der Waals surface area (Å²) in [7, 11) is 0. The van der Waals surface area contributed by atoms with Crippen molar-refractivity contribution in [2.75, 3.05) is 0 Å². The van der Waals surface area contributed by atoms with Crippen LogP contribution in [0, 0.1) is 0 Å². The van der Waals surface area contributed by atoms with Crippen LogP contribution in [0.15, 0.2) is 48.5 Å². The monoisotopic (exact) mass is 311 g/mol. The van der Waals surface area contributed by atoms with Gasteiger partial charge < -0.3 is 15.6 Å². The summed E-state index contributed by atoms with van der Waals surface area (Å²) in [6.07, 6.45) is -0.408. The Balaban J connectivity index is 1.78. The van der Waals surface area contributed by atoms with Gasteiger partial charge in [-0.05, 0) is 17.5 Å². The van der Waals surface area contributed by atoms with Crippen LogP contribution in [-0.2, 0) is 14.3 Å². The van der Waals surface area contributed by atoms with Crippen molar-refractivity contribution in [2.45, 2.75) is 25.0 Å². The van der Waals surface area contributed by atoms with Gasteiger partial charge in [0.25, 0.3) is 0 Å². The maximum atomic E-state index is 12.1. The third kappa shape index (κ3) is 2.96. The minimum atomic E-state index is -1.12. The Hall–Kier alpha value is -2.66. The number of fused-ring (bicyclic) bond motifs is 3. The summed E-state index contributed by atoms with van der Waals surface area (Å²) in [6.45, 7) is 0. The van der Waals surface area contributed by atoms with Crippen molar-refractivity contribution in [3.8, 4) is 11.1 Å². The van der Waals surface area contributed by atoms with Crippen molar-refractivity contribution < 1.29 is 19.4 Å². The van der Waals surface area contributed by atoms with Gasteiger partial charge in [-0.2, -0.15) is 0 Å². The lowest BCUT2D eigenvalue weighted by Crippen LogP contribution is -2.30. The van der Waals surface area contributed by atoms with E-state index in [2.05, 4.69) is 0 Å². The standard InChI is InChI=1S/C18H17NO4/c19-15(18(21)22)9-10-16(20)23-17-13-7-3-1-5-11(13)12-6-2-4-8-14(12)17/h1-8,15,17H,9-10,19H2,(H,21,22). The zero-order valence-electron chi connectivity index (χ0n) is 12.4. The zero-order chi connectivity index (χ0) is 16.4. The maximum absolute atomic E-state index is 12.1. The van der Waals surface area contributed by atoms with E-state index in [9.17, 15) is 9.59 Å². The second kappa shape index (κ2) is 6.22. The Bertz CT molecular complexity index is 711. The van der Waals surface area contributed by atoms with Crippen LogP contribution in [0.1, 0.15) is 30.1 Å². The number of aliphatic carboxylic acids is 1. The largest absolute Gasteiger partial charge is 0.480 e. The molecule has 1 atom stereocenters. The van der Waals surface area contributed by atoms with Gasteiger partial charge in [0.15, 0.2) is 6.10 Å². The van der Waals surface area contributed by atoms with Crippen LogP contribution in [0.2, 0.25) is 0 Å². The maximum Gasteiger partial charge on any atom is 0.320 e. The fourth-order valence-electron chi connectivity index (χ4n) is 2.82. The summed E-state index contributed by atoms with van der Waals surface area (Å²) < 4.78 is 5.61. The van der Waals surface area contributed by atoms with E-state index in [0.29, 0.717) is 0 Å². The minimum Gasteiger partial charge on any atom is -0.480 e. The topological polar surface area (TPSA) is 89.6 Å². The predicted molar refractivity (Wildman–Crippen MR) is 84.7 cm³/mol. The van der Waals surface area contributed by atoms with E-state index in [1.807, 2.05) is 48.5 Å². The van der Waals surface area contributed by atoms with Gasteiger partial charge in [0.05, 0.1) is 0 Å². The summed E-state index contributed by atoms with van der Waals surface area (Å²) in [4.78, 5) is 22.8. The molecule has 3 rings (SSSR count). The SMILES string of the molecule is NC(CCC(=O)OC1c2ccccc2-c2ccccc21)C(=O)O. The van der Waals surface area contributed by atoms with Crippen molar-refractivity contribution in [1.82, 2.24) is 0 Å². The Kier molecular flexibility index (Phi) is 4.12. The van der Waals surface area contributed by atoms with E-state index in [-0.39, 0.29) is 12.8 Å². The average molecular weight is 311 g/mol. The highest BCUT2D eigenvalue weighted by atomic mass is 16.5. The highest BCUT2D eigenvalue weighted by molar-refractivity contribution is 5.80. The molecule has 0 heterocycles. The predicted octanol–water partition coefficient (Wildman–Crippen LogP) is 2.49. The minimum absolute atomic E-state index is 0.0195. The fraction of sp³-hybridized carbons (Fsp3) is 0.222. The molecule has 2 aromatic rings. The van der Waals surface area contributed by atoms with E-state index >= 15 is 0 Å². The molecule has 5 nitrogen and oxygen atoms in total. The Morgan fingerprint density at radius 3 is 2.09 bits per heavy atom. The van der Waals surface area contributed by atoms with Gasteiger partial charge in [-0.3, -0.25) is 9.59 Å². The highest BCUT2D eigenvalue weighted by Gasteiger charge is 2.31. The molecule has 3 N–H and O–H groups in total. The van der Waals surface area contributed by atoms with Gasteiger partial charge in [-0.25, -0.2) is 0 Å². The average Bonchev–Trinajstić information content (AvgIpc) is 2.87. The lowest BCUT2D eigenvalue weighted by molar-refractivity contribution is -0.147. The van der Waals surface area contributed by atoms with Crippen molar-refractivity contribution in [2.24, 2.45) is 5.73 Å². The van der Waals surface area contributed by atoms with Crippen molar-refractivity contribution in [3.05, 3.63) is 59.7 Å². The smallest absolute Gasteiger partial charge is 0.320 e. The number of hydrogen-bond donors (Lipinski definition) is 2. The van der Waals surface area contributed by atoms with Crippen molar-refractivity contribution in [1.29, 1.82) is 0 Å². The first-order valence-corrected chi connectivity index (χ1v) is 7.44. The number of hydrogen-bond acceptors (Lipinski definition) is 4. The molecule has 118 valence electrons. The number of carbonyl (C=O) groups is 2. The van der Waals surface area contributed by atoms with Crippen LogP contribution >= 0.6 is 0 Å². The van der Waals surface area contributed by atoms with Crippen LogP contribution in [0.5, 0.6) is 0 Å². The second-order valence-electron chi connectivity index (χ2n) is 5.53. The van der Waals surface area contributed by atoms with Crippen LogP contribution in [0.3, 0.4) is 0 Å². The normalized spacial score (nSPS) is 14.0. The van der Waals surface area contributed by atoms with Gasteiger partial charge in [-0.1, -0.05) is 48.5 Å². The van der Waals surface area contributed by atoms with E-state index in [4.69, 9.17) is 15.6 Å². The number of benzene rings is 2. The zero-order valence-corrected chi connectivity index (χ0v) is 12.4. The molecule has 23 heavy (non-hydrogen) atoms. The lowest BCUT2D eigenvalue weighted by Gasteiger charge is -2.15. The Morgan fingerprint density at radius 1 is 1.04 bits per heavy atom. The summed E-state index contributed by atoms with van der Waals surface area (Å²) >= 11 is 0. The van der Waals surface area contributed by atoms with Gasteiger partial charge >= 0.3 is 11.9 Å². The summed E-state index contributed by atoms with van der Waals surface area (Å²) in [5.74, 6) is -1.56. The van der Waals surface area contributed by atoms with Gasteiger partial charge in [-0.15, -0.1) is 0 Å². The molecule has 0 fully saturated rings. The molecule has 0 saturated heterocycles. The first-order valence-electron chi connectivity index (χ1n) is 7.44. The van der Waals surface area contributed by atoms with Crippen LogP contribution in [0.25, 0.3) is 11.1 Å². The molecular formula is C18H17NO4. The molecule has 2 aromatic carbocycles. The quantitative estimate of drug-likeness (QED) is 0.828. The molecule has 1 unspecified atom stereocenters. The van der Waals surface area contributed by atoms with Crippen molar-refractivity contribution >= 4 is 11.9 Å². The second-order valence-corrected chi connectivity index (χ2v) is 5.53. The molecule has 0 amide bonds. The molecule has 0 spiro atoms. The van der Waals surface area contributed by atoms with Gasteiger partial charge in [0.1, 0.15) is 6.04 Å². The van der Waals surface area contributed by atoms with Crippen LogP contribution < -0.4 is 5.73 Å². The fourth-order valence-corrected chi connectivity index (χ4v) is 2.82. The van der Waals surface area contributed by atoms with E-state index in [1.165, 1.54) is 0 Å². The first kappa shape index (κ1) is 15.2. The molecular weight excluding hydrogens is 294 g/mol. The lowest BCUT2D eigenvalue weighted by atomic mass is 10.1. The highest BCUT2D eigenvalue weighted by Crippen LogP contribution is 2.45. The van der Waals surface area contributed by atoms with E-state index < -0.39 is 24.1 Å². The molecule has 5 heteroatoms. The number of nitrogens with two attached hydrogens (primary N) is 1. The third-order valence-corrected chi connectivity index (χ3v) is 4.00. The third-order valence-electron chi connectivity index (χ3n) is 4.00. The molecule has 0 aromatic heterocycles. The molecule has 1 aliphatic carbocycles. The number of ether oxygens (including phenoxy) is 1. The number of carboxylic acid groups (broad SMARTS) is 1. The van der Waals surface area contributed by atoms with E-state index in [0.717, 1.165) is 22.3 Å². The summed E-state index contributed by atoms with van der Waals surface area (Å²) in [6, 6.07) is 14.6. The summed E-state index contributed by atoms with van der Waals surface area (Å²) in [5, 5.41) is 8.76. The number of rotatable bonds is 5. The number of carbonyl (C=O) groups excluding carboxylic acids is 1. The number of carboxylic acids is 1. The molecule has 0 saturated carbocycles. The van der Waals surface area contributed by atoms with Crippen LogP contribution in [-0.4, -0.2) is 23.1 Å². The van der Waals surface area contributed by atoms with Gasteiger partial charge in [0, 0.05) is 17.5 Å². The van der Waals surface area contributed by atoms with Gasteiger partial charge in [0.2, 0.25) is 0 Å². The molecule has 0 aliphatic heterocycles. The Labute approximate surface area is 133 Å². The van der Waals surface area contributed by atoms with E-state index in [1.54, 1.807) is 0 Å². The Morgan fingerprint density at radius 2 is 1.57 bits per heavy atom. The first-order chi connectivity index (χ1) is 11.1.